The number of hydrogen-bond acceptors (Lipinski definition) is 2. The molecule has 3 heteroatoms. The number of aliphatic hydroxyl groups excluding tert-OH is 1. The summed E-state index contributed by atoms with van der Waals surface area (Å²) in [5, 5.41) is 11.6. The van der Waals surface area contributed by atoms with Crippen LogP contribution < -0.4 is 0 Å². The number of rotatable bonds is 3. The van der Waals surface area contributed by atoms with Crippen LogP contribution in [0.3, 0.4) is 0 Å². The van der Waals surface area contributed by atoms with E-state index in [0.29, 0.717) is 10.6 Å². The number of hydrogen-bond donors (Lipinski definition) is 1. The summed E-state index contributed by atoms with van der Waals surface area (Å²) in [5.41, 5.74) is 4.52. The van der Waals surface area contributed by atoms with E-state index in [-0.39, 0.29) is 23.4 Å². The highest BCUT2D eigenvalue weighted by atomic mass is 35.5. The van der Waals surface area contributed by atoms with Crippen molar-refractivity contribution in [2.75, 3.05) is 0 Å². The van der Waals surface area contributed by atoms with Gasteiger partial charge in [-0.1, -0.05) is 54.9 Å². The quantitative estimate of drug-likeness (QED) is 0.678. The fourth-order valence-corrected chi connectivity index (χ4v) is 4.10. The fourth-order valence-electron chi connectivity index (χ4n) is 3.97. The van der Waals surface area contributed by atoms with Crippen molar-refractivity contribution in [3.63, 3.8) is 0 Å². The van der Waals surface area contributed by atoms with E-state index in [1.807, 2.05) is 42.5 Å². The first kappa shape index (κ1) is 17.1. The van der Waals surface area contributed by atoms with Crippen molar-refractivity contribution in [1.82, 2.24) is 0 Å². The van der Waals surface area contributed by atoms with Crippen LogP contribution in [-0.4, -0.2) is 10.9 Å². The second-order valence-electron chi connectivity index (χ2n) is 7.03. The third kappa shape index (κ3) is 2.89. The van der Waals surface area contributed by atoms with Gasteiger partial charge in [0, 0.05) is 16.9 Å². The van der Waals surface area contributed by atoms with Gasteiger partial charge >= 0.3 is 0 Å². The Morgan fingerprint density at radius 3 is 2.31 bits per heavy atom. The van der Waals surface area contributed by atoms with Gasteiger partial charge in [-0.05, 0) is 59.7 Å². The number of carbonyl (C=O) groups excluding carboxylic acids is 1. The van der Waals surface area contributed by atoms with Crippen LogP contribution in [0.4, 0.5) is 0 Å². The van der Waals surface area contributed by atoms with Gasteiger partial charge in [0.15, 0.2) is 5.78 Å². The number of benzene rings is 2. The number of Topliss-reactive ketones (excluding diaryl/α,β-unsaturated/α-hetero) is 1. The Hall–Kier alpha value is -2.32. The summed E-state index contributed by atoms with van der Waals surface area (Å²) in [5.74, 6) is 0.113. The van der Waals surface area contributed by atoms with Crippen LogP contribution in [0, 0.1) is 11.8 Å². The van der Waals surface area contributed by atoms with Crippen molar-refractivity contribution >= 4 is 23.0 Å². The van der Waals surface area contributed by atoms with Gasteiger partial charge in [0.25, 0.3) is 0 Å². The van der Waals surface area contributed by atoms with Gasteiger partial charge in [0.2, 0.25) is 0 Å². The molecule has 26 heavy (non-hydrogen) atoms. The molecule has 0 saturated carbocycles. The van der Waals surface area contributed by atoms with Crippen molar-refractivity contribution in [2.45, 2.75) is 26.2 Å². The first-order valence-corrected chi connectivity index (χ1v) is 9.51. The van der Waals surface area contributed by atoms with E-state index < -0.39 is 0 Å². The predicted octanol–water partition coefficient (Wildman–Crippen LogP) is 6.00. The molecule has 3 aliphatic carbocycles. The summed E-state index contributed by atoms with van der Waals surface area (Å²) in [6, 6.07) is 13.8. The molecular formula is C23H21ClO2. The van der Waals surface area contributed by atoms with E-state index in [4.69, 9.17) is 11.6 Å². The summed E-state index contributed by atoms with van der Waals surface area (Å²) in [4.78, 5) is 13.1. The van der Waals surface area contributed by atoms with Crippen LogP contribution in [0.25, 0.3) is 16.7 Å². The van der Waals surface area contributed by atoms with Gasteiger partial charge in [-0.15, -0.1) is 0 Å². The molecule has 0 radical (unpaired) electrons. The summed E-state index contributed by atoms with van der Waals surface area (Å²) < 4.78 is 0. The minimum atomic E-state index is -0.116. The highest BCUT2D eigenvalue weighted by Gasteiger charge is 2.35. The molecule has 2 aromatic rings. The summed E-state index contributed by atoms with van der Waals surface area (Å²) in [7, 11) is 0. The van der Waals surface area contributed by atoms with Gasteiger partial charge in [0.05, 0.1) is 5.57 Å². The molecule has 0 heterocycles. The third-order valence-electron chi connectivity index (χ3n) is 5.49. The Kier molecular flexibility index (Phi) is 4.46. The molecule has 2 bridgehead atoms. The Morgan fingerprint density at radius 1 is 1.00 bits per heavy atom. The first-order chi connectivity index (χ1) is 12.6. The number of carbonyl (C=O) groups is 1. The molecule has 0 aliphatic heterocycles. The van der Waals surface area contributed by atoms with E-state index in [0.717, 1.165) is 41.5 Å². The van der Waals surface area contributed by atoms with Gasteiger partial charge in [-0.3, -0.25) is 4.79 Å². The zero-order valence-electron chi connectivity index (χ0n) is 14.7. The molecule has 132 valence electrons. The predicted molar refractivity (Wildman–Crippen MR) is 106 cm³/mol. The van der Waals surface area contributed by atoms with Crippen LogP contribution in [0.1, 0.15) is 30.9 Å². The highest BCUT2D eigenvalue weighted by Crippen LogP contribution is 2.40. The molecule has 0 saturated heterocycles. The molecule has 2 nitrogen and oxygen atoms in total. The SMILES string of the molecule is CCc1ccc(-c2ccc(Cl)cc2)cc1C1=C(O)[C@H]2C=C[C@H](CC2)C1=O. The van der Waals surface area contributed by atoms with E-state index in [9.17, 15) is 9.90 Å². The summed E-state index contributed by atoms with van der Waals surface area (Å²) in [6.45, 7) is 2.08. The standard InChI is InChI=1S/C23H21ClO2/c1-2-14-3-8-18(15-9-11-19(24)12-10-15)13-20(14)21-22(25)16-4-5-17(7-6-16)23(21)26/h3-5,8-13,16-17,25H,2,6-7H2,1H3/t16-,17+/m0/s1. The van der Waals surface area contributed by atoms with Crippen molar-refractivity contribution in [3.05, 3.63) is 76.5 Å². The number of allylic oxidation sites excluding steroid dienone is 3. The van der Waals surface area contributed by atoms with E-state index in [1.165, 1.54) is 0 Å². The number of ketones is 1. The molecule has 0 fully saturated rings. The largest absolute Gasteiger partial charge is 0.511 e. The third-order valence-corrected chi connectivity index (χ3v) is 5.74. The fraction of sp³-hybridized carbons (Fsp3) is 0.261. The van der Waals surface area contributed by atoms with Crippen molar-refractivity contribution in [2.24, 2.45) is 11.8 Å². The lowest BCUT2D eigenvalue weighted by Crippen LogP contribution is -2.14. The smallest absolute Gasteiger partial charge is 0.173 e. The van der Waals surface area contributed by atoms with Crippen LogP contribution in [-0.2, 0) is 11.2 Å². The number of aryl methyl sites for hydroxylation is 1. The molecule has 0 amide bonds. The lowest BCUT2D eigenvalue weighted by molar-refractivity contribution is -0.116. The zero-order valence-corrected chi connectivity index (χ0v) is 15.5. The second-order valence-corrected chi connectivity index (χ2v) is 7.47. The molecule has 5 rings (SSSR count). The van der Waals surface area contributed by atoms with Gasteiger partial charge in [-0.25, -0.2) is 0 Å². The van der Waals surface area contributed by atoms with Crippen molar-refractivity contribution < 1.29 is 9.90 Å². The van der Waals surface area contributed by atoms with Crippen LogP contribution in [0.2, 0.25) is 5.02 Å². The Balaban J connectivity index is 1.87. The van der Waals surface area contributed by atoms with Crippen LogP contribution in [0.15, 0.2) is 60.4 Å². The number of halogens is 1. The van der Waals surface area contributed by atoms with Crippen molar-refractivity contribution in [1.29, 1.82) is 0 Å². The molecule has 2 atom stereocenters. The summed E-state index contributed by atoms with van der Waals surface area (Å²) in [6.07, 6.45) is 6.41. The van der Waals surface area contributed by atoms with E-state index in [2.05, 4.69) is 19.1 Å². The Morgan fingerprint density at radius 2 is 1.65 bits per heavy atom. The van der Waals surface area contributed by atoms with E-state index in [1.54, 1.807) is 0 Å². The molecular weight excluding hydrogens is 344 g/mol. The molecule has 2 aromatic carbocycles. The maximum absolute atomic E-state index is 13.1. The van der Waals surface area contributed by atoms with E-state index >= 15 is 0 Å². The average Bonchev–Trinajstić information content (AvgIpc) is 2.86. The normalized spacial score (nSPS) is 22.0. The minimum Gasteiger partial charge on any atom is -0.511 e. The highest BCUT2D eigenvalue weighted by molar-refractivity contribution is 6.30. The average molecular weight is 365 g/mol. The first-order valence-electron chi connectivity index (χ1n) is 9.13. The van der Waals surface area contributed by atoms with Crippen molar-refractivity contribution in [3.8, 4) is 11.1 Å². The lowest BCUT2D eigenvalue weighted by atomic mass is 9.87. The second kappa shape index (κ2) is 6.77. The number of aliphatic hydroxyl groups is 1. The van der Waals surface area contributed by atoms with Gasteiger partial charge in [-0.2, -0.15) is 0 Å². The van der Waals surface area contributed by atoms with Gasteiger partial charge < -0.3 is 5.11 Å². The molecule has 3 aliphatic rings. The maximum atomic E-state index is 13.1. The minimum absolute atomic E-state index is 0.0432. The van der Waals surface area contributed by atoms with Gasteiger partial charge in [0.1, 0.15) is 5.76 Å². The topological polar surface area (TPSA) is 37.3 Å². The van der Waals surface area contributed by atoms with Crippen LogP contribution >= 0.6 is 11.6 Å². The zero-order chi connectivity index (χ0) is 18.3. The number of fused-ring (bicyclic) bond motifs is 2. The lowest BCUT2D eigenvalue weighted by Gasteiger charge is -2.16. The Labute approximate surface area is 158 Å². The molecule has 0 unspecified atom stereocenters. The molecule has 0 spiro atoms. The Bertz CT molecular complexity index is 922. The van der Waals surface area contributed by atoms with Crippen LogP contribution in [0.5, 0.6) is 0 Å². The monoisotopic (exact) mass is 364 g/mol. The molecule has 1 N–H and O–H groups in total. The molecule has 0 aromatic heterocycles. The summed E-state index contributed by atoms with van der Waals surface area (Å²) >= 11 is 6.00. The maximum Gasteiger partial charge on any atom is 0.173 e.